The number of rotatable bonds is 9. The van der Waals surface area contributed by atoms with Crippen LogP contribution in [0.15, 0.2) is 0 Å². The van der Waals surface area contributed by atoms with E-state index >= 15 is 0 Å². The number of hydrogen-bond donors (Lipinski definition) is 1. The van der Waals surface area contributed by atoms with E-state index in [-0.39, 0.29) is 30.7 Å². The van der Waals surface area contributed by atoms with Gasteiger partial charge in [0.15, 0.2) is 0 Å². The van der Waals surface area contributed by atoms with Crippen molar-refractivity contribution in [1.82, 2.24) is 4.90 Å². The minimum atomic E-state index is -0.629. The van der Waals surface area contributed by atoms with E-state index in [0.29, 0.717) is 0 Å². The summed E-state index contributed by atoms with van der Waals surface area (Å²) in [5.41, 5.74) is 0. The lowest BCUT2D eigenvalue weighted by Gasteiger charge is -2.20. The van der Waals surface area contributed by atoms with Crippen molar-refractivity contribution in [2.45, 2.75) is 46.5 Å². The van der Waals surface area contributed by atoms with Gasteiger partial charge in [-0.1, -0.05) is 33.6 Å². The Morgan fingerprint density at radius 1 is 1.12 bits per heavy atom. The normalized spacial score (nSPS) is 11.5. The third-order valence-electron chi connectivity index (χ3n) is 2.94. The van der Waals surface area contributed by atoms with Crippen LogP contribution in [0.1, 0.15) is 46.5 Å². The zero-order chi connectivity index (χ0) is 11.7. The zero-order valence-corrected chi connectivity index (χ0v) is 12.8. The maximum Gasteiger partial charge on any atom is 0.306 e. The van der Waals surface area contributed by atoms with Crippen molar-refractivity contribution in [2.24, 2.45) is 5.92 Å². The zero-order valence-electron chi connectivity index (χ0n) is 11.1. The Morgan fingerprint density at radius 2 is 1.65 bits per heavy atom. The third kappa shape index (κ3) is 10.9. The highest BCUT2D eigenvalue weighted by Gasteiger charge is 2.17. The minimum absolute atomic E-state index is 0. The van der Waals surface area contributed by atoms with Crippen LogP contribution in [0.4, 0.5) is 0 Å². The summed E-state index contributed by atoms with van der Waals surface area (Å²) >= 11 is 0. The molecule has 0 heterocycles. The lowest BCUT2D eigenvalue weighted by molar-refractivity contribution is -0.142. The molecule has 1 atom stereocenters. The van der Waals surface area contributed by atoms with Crippen molar-refractivity contribution >= 4 is 30.8 Å². The molecule has 0 aromatic rings. The first-order valence-corrected chi connectivity index (χ1v) is 6.10. The first kappa shape index (κ1) is 22.2. The number of carboxylic acids is 1. The number of hydrogen-bond acceptors (Lipinski definition) is 2. The quantitative estimate of drug-likeness (QED) is 0.706. The molecule has 0 aliphatic rings. The van der Waals surface area contributed by atoms with Crippen LogP contribution in [0.2, 0.25) is 0 Å². The molecule has 106 valence electrons. The molecule has 0 fully saturated rings. The number of nitrogens with zero attached hydrogens (tertiary/aromatic N) is 1. The monoisotopic (exact) mass is 287 g/mol. The van der Waals surface area contributed by atoms with Crippen molar-refractivity contribution < 1.29 is 9.90 Å². The summed E-state index contributed by atoms with van der Waals surface area (Å²) in [7, 11) is 0. The molecule has 0 saturated heterocycles. The van der Waals surface area contributed by atoms with Crippen molar-refractivity contribution in [3.63, 3.8) is 0 Å². The summed E-state index contributed by atoms with van der Waals surface area (Å²) in [6, 6.07) is 0. The molecule has 0 spiro atoms. The van der Waals surface area contributed by atoms with Gasteiger partial charge in [0.25, 0.3) is 0 Å². The van der Waals surface area contributed by atoms with E-state index in [1.165, 1.54) is 0 Å². The fourth-order valence-corrected chi connectivity index (χ4v) is 1.72. The van der Waals surface area contributed by atoms with Gasteiger partial charge in [-0.25, -0.2) is 0 Å². The van der Waals surface area contributed by atoms with Crippen LogP contribution in [-0.4, -0.2) is 35.6 Å². The molecule has 0 aromatic heterocycles. The first-order valence-electron chi connectivity index (χ1n) is 6.10. The summed E-state index contributed by atoms with van der Waals surface area (Å²) in [5.74, 6) is -0.777. The summed E-state index contributed by atoms with van der Waals surface area (Å²) in [4.78, 5) is 13.3. The molecule has 1 unspecified atom stereocenters. The smallest absolute Gasteiger partial charge is 0.306 e. The van der Waals surface area contributed by atoms with E-state index in [9.17, 15) is 4.79 Å². The molecule has 0 bridgehead atoms. The van der Waals surface area contributed by atoms with Crippen LogP contribution in [-0.2, 0) is 4.79 Å². The Hall–Kier alpha value is 0.01000. The highest BCUT2D eigenvalue weighted by molar-refractivity contribution is 5.85. The lowest BCUT2D eigenvalue weighted by atomic mass is 9.98. The van der Waals surface area contributed by atoms with E-state index in [4.69, 9.17) is 5.11 Å². The minimum Gasteiger partial charge on any atom is -0.481 e. The molecule has 17 heavy (non-hydrogen) atoms. The lowest BCUT2D eigenvalue weighted by Crippen LogP contribution is -2.27. The van der Waals surface area contributed by atoms with Gasteiger partial charge in [-0.2, -0.15) is 0 Å². The van der Waals surface area contributed by atoms with Crippen molar-refractivity contribution in [3.05, 3.63) is 0 Å². The molecule has 1 N–H and O–H groups in total. The van der Waals surface area contributed by atoms with Crippen molar-refractivity contribution in [3.8, 4) is 0 Å². The Kier molecular flexibility index (Phi) is 18.4. The van der Waals surface area contributed by atoms with Gasteiger partial charge in [-0.3, -0.25) is 4.79 Å². The van der Waals surface area contributed by atoms with Crippen LogP contribution < -0.4 is 0 Å². The largest absolute Gasteiger partial charge is 0.481 e. The van der Waals surface area contributed by atoms with Gasteiger partial charge in [0.1, 0.15) is 0 Å². The highest BCUT2D eigenvalue weighted by atomic mass is 35.5. The van der Waals surface area contributed by atoms with Gasteiger partial charge >= 0.3 is 5.97 Å². The van der Waals surface area contributed by atoms with Gasteiger partial charge in [-0.05, 0) is 32.5 Å². The Bertz CT molecular complexity index is 176. The second-order valence-electron chi connectivity index (χ2n) is 3.99. The highest BCUT2D eigenvalue weighted by Crippen LogP contribution is 2.13. The molecule has 0 aliphatic heterocycles. The topological polar surface area (TPSA) is 40.5 Å². The van der Waals surface area contributed by atoms with Crippen LogP contribution >= 0.6 is 24.8 Å². The molecule has 0 rings (SSSR count). The molecule has 0 saturated carbocycles. The maximum absolute atomic E-state index is 11.0. The van der Waals surface area contributed by atoms with E-state index < -0.39 is 5.97 Å². The van der Waals surface area contributed by atoms with Crippen LogP contribution in [0.25, 0.3) is 0 Å². The SMILES string of the molecule is CCCCC(CCN(CC)CC)C(=O)O.Cl.Cl. The van der Waals surface area contributed by atoms with Crippen LogP contribution in [0, 0.1) is 5.92 Å². The van der Waals surface area contributed by atoms with Crippen LogP contribution in [0.5, 0.6) is 0 Å². The molecule has 0 amide bonds. The molecule has 0 radical (unpaired) electrons. The maximum atomic E-state index is 11.0. The molecular formula is C12H27Cl2NO2. The second-order valence-corrected chi connectivity index (χ2v) is 3.99. The fraction of sp³-hybridized carbons (Fsp3) is 0.917. The Morgan fingerprint density at radius 3 is 2.00 bits per heavy atom. The average Bonchev–Trinajstić information content (AvgIpc) is 2.23. The number of halogens is 2. The van der Waals surface area contributed by atoms with Gasteiger partial charge < -0.3 is 10.0 Å². The molecule has 3 nitrogen and oxygen atoms in total. The number of unbranched alkanes of at least 4 members (excludes halogenated alkanes) is 1. The second kappa shape index (κ2) is 14.1. The average molecular weight is 288 g/mol. The Labute approximate surface area is 118 Å². The molecular weight excluding hydrogens is 261 g/mol. The van der Waals surface area contributed by atoms with E-state index in [0.717, 1.165) is 45.3 Å². The van der Waals surface area contributed by atoms with Gasteiger partial charge in [0, 0.05) is 0 Å². The summed E-state index contributed by atoms with van der Waals surface area (Å²) in [5, 5.41) is 9.04. The number of aliphatic carboxylic acids is 1. The predicted octanol–water partition coefficient (Wildman–Crippen LogP) is 3.45. The van der Waals surface area contributed by atoms with Crippen molar-refractivity contribution in [1.29, 1.82) is 0 Å². The van der Waals surface area contributed by atoms with Crippen LogP contribution in [0.3, 0.4) is 0 Å². The number of carbonyl (C=O) groups is 1. The summed E-state index contributed by atoms with van der Waals surface area (Å²) in [6.07, 6.45) is 3.72. The van der Waals surface area contributed by atoms with E-state index in [2.05, 4.69) is 25.7 Å². The van der Waals surface area contributed by atoms with E-state index in [1.54, 1.807) is 0 Å². The van der Waals surface area contributed by atoms with Gasteiger partial charge in [-0.15, -0.1) is 24.8 Å². The van der Waals surface area contributed by atoms with Gasteiger partial charge in [0.2, 0.25) is 0 Å². The predicted molar refractivity (Wildman–Crippen MR) is 77.6 cm³/mol. The molecule has 5 heteroatoms. The fourth-order valence-electron chi connectivity index (χ4n) is 1.72. The summed E-state index contributed by atoms with van der Waals surface area (Å²) in [6.45, 7) is 9.26. The third-order valence-corrected chi connectivity index (χ3v) is 2.94. The standard InChI is InChI=1S/C12H25NO2.2ClH/c1-4-7-8-11(12(14)15)9-10-13(5-2)6-3;;/h11H,4-10H2,1-3H3,(H,14,15);2*1H. The molecule has 0 aromatic carbocycles. The van der Waals surface area contributed by atoms with E-state index in [1.807, 2.05) is 0 Å². The summed E-state index contributed by atoms with van der Waals surface area (Å²) < 4.78 is 0. The van der Waals surface area contributed by atoms with Crippen molar-refractivity contribution in [2.75, 3.05) is 19.6 Å². The number of carboxylic acid groups (broad SMARTS) is 1. The van der Waals surface area contributed by atoms with Gasteiger partial charge in [0.05, 0.1) is 5.92 Å². The Balaban J connectivity index is -0.000000980. The molecule has 0 aliphatic carbocycles. The first-order chi connectivity index (χ1) is 7.15.